The summed E-state index contributed by atoms with van der Waals surface area (Å²) in [5.74, 6) is -0.991. The minimum absolute atomic E-state index is 0.117. The lowest BCUT2D eigenvalue weighted by atomic mass is 10.0. The molecule has 0 bridgehead atoms. The lowest BCUT2D eigenvalue weighted by molar-refractivity contribution is -0.168. The van der Waals surface area contributed by atoms with Gasteiger partial charge in [-0.2, -0.15) is 13.2 Å². The van der Waals surface area contributed by atoms with Crippen molar-refractivity contribution in [1.82, 2.24) is 4.90 Å². The first-order valence-corrected chi connectivity index (χ1v) is 6.50. The molecule has 2 fully saturated rings. The molecule has 4 nitrogen and oxygen atoms in total. The van der Waals surface area contributed by atoms with Crippen molar-refractivity contribution >= 4 is 5.91 Å². The second-order valence-corrected chi connectivity index (χ2v) is 5.47. The number of halogens is 3. The third kappa shape index (κ3) is 3.60. The van der Waals surface area contributed by atoms with E-state index in [2.05, 4.69) is 0 Å². The maximum atomic E-state index is 12.6. The number of carbonyl (C=O) groups excluding carboxylic acids is 1. The van der Waals surface area contributed by atoms with E-state index in [1.807, 2.05) is 0 Å². The second-order valence-electron chi connectivity index (χ2n) is 5.47. The predicted octanol–water partition coefficient (Wildman–Crippen LogP) is 1.15. The molecule has 0 aromatic carbocycles. The highest BCUT2D eigenvalue weighted by molar-refractivity contribution is 5.80. The maximum absolute atomic E-state index is 12.6. The van der Waals surface area contributed by atoms with Crippen LogP contribution in [0.25, 0.3) is 0 Å². The number of amides is 1. The Bertz CT molecular complexity index is 344. The molecule has 0 aromatic heterocycles. The van der Waals surface area contributed by atoms with Crippen LogP contribution in [-0.2, 0) is 9.53 Å². The summed E-state index contributed by atoms with van der Waals surface area (Å²) in [6, 6.07) is -0.892. The Kier molecular flexibility index (Phi) is 4.06. The van der Waals surface area contributed by atoms with E-state index in [1.54, 1.807) is 6.92 Å². The summed E-state index contributed by atoms with van der Waals surface area (Å²) < 4.78 is 43.0. The summed E-state index contributed by atoms with van der Waals surface area (Å²) >= 11 is 0. The van der Waals surface area contributed by atoms with Gasteiger partial charge in [-0.05, 0) is 25.7 Å². The lowest BCUT2D eigenvalue weighted by Gasteiger charge is -2.32. The lowest BCUT2D eigenvalue weighted by Crippen LogP contribution is -2.51. The fraction of sp³-hybridized carbons (Fsp3) is 0.917. The molecule has 1 heterocycles. The SMILES string of the molecule is CC(C1CC1)N(CC(F)(F)F)C(=O)C1COCC1N. The number of ether oxygens (including phenoxy) is 1. The van der Waals surface area contributed by atoms with Gasteiger partial charge >= 0.3 is 6.18 Å². The van der Waals surface area contributed by atoms with Gasteiger partial charge in [-0.15, -0.1) is 0 Å². The smallest absolute Gasteiger partial charge is 0.379 e. The van der Waals surface area contributed by atoms with Crippen molar-refractivity contribution in [3.05, 3.63) is 0 Å². The van der Waals surface area contributed by atoms with Gasteiger partial charge in [0.1, 0.15) is 6.54 Å². The number of hydrogen-bond acceptors (Lipinski definition) is 3. The number of hydrogen-bond donors (Lipinski definition) is 1. The summed E-state index contributed by atoms with van der Waals surface area (Å²) in [5, 5.41) is 0. The van der Waals surface area contributed by atoms with Crippen LogP contribution < -0.4 is 5.73 Å². The summed E-state index contributed by atoms with van der Waals surface area (Å²) in [4.78, 5) is 13.2. The first-order valence-electron chi connectivity index (χ1n) is 6.50. The zero-order valence-corrected chi connectivity index (χ0v) is 10.8. The van der Waals surface area contributed by atoms with Crippen LogP contribution in [0.4, 0.5) is 13.2 Å². The van der Waals surface area contributed by atoms with Crippen LogP contribution in [0.1, 0.15) is 19.8 Å². The Balaban J connectivity index is 2.09. The Morgan fingerprint density at radius 2 is 2.05 bits per heavy atom. The van der Waals surface area contributed by atoms with Crippen molar-refractivity contribution in [1.29, 1.82) is 0 Å². The third-order valence-corrected chi connectivity index (χ3v) is 3.87. The molecule has 1 saturated carbocycles. The van der Waals surface area contributed by atoms with Crippen LogP contribution >= 0.6 is 0 Å². The van der Waals surface area contributed by atoms with Crippen LogP contribution in [0.2, 0.25) is 0 Å². The van der Waals surface area contributed by atoms with Crippen molar-refractivity contribution in [3.8, 4) is 0 Å². The van der Waals surface area contributed by atoms with Crippen LogP contribution in [0.3, 0.4) is 0 Å². The largest absolute Gasteiger partial charge is 0.406 e. The van der Waals surface area contributed by atoms with E-state index in [4.69, 9.17) is 10.5 Å². The van der Waals surface area contributed by atoms with Gasteiger partial charge < -0.3 is 15.4 Å². The van der Waals surface area contributed by atoms with Gasteiger partial charge in [-0.3, -0.25) is 4.79 Å². The number of rotatable bonds is 4. The number of nitrogens with zero attached hydrogens (tertiary/aromatic N) is 1. The first kappa shape index (κ1) is 14.6. The van der Waals surface area contributed by atoms with E-state index in [-0.39, 0.29) is 25.2 Å². The van der Waals surface area contributed by atoms with E-state index < -0.39 is 30.6 Å². The van der Waals surface area contributed by atoms with E-state index in [9.17, 15) is 18.0 Å². The van der Waals surface area contributed by atoms with Crippen LogP contribution in [-0.4, -0.2) is 48.8 Å². The zero-order valence-electron chi connectivity index (χ0n) is 10.8. The van der Waals surface area contributed by atoms with E-state index in [0.29, 0.717) is 0 Å². The molecule has 2 N–H and O–H groups in total. The highest BCUT2D eigenvalue weighted by atomic mass is 19.4. The van der Waals surface area contributed by atoms with Crippen molar-refractivity contribution in [2.45, 2.75) is 38.0 Å². The number of nitrogens with two attached hydrogens (primary N) is 1. The quantitative estimate of drug-likeness (QED) is 0.840. The molecule has 1 saturated heterocycles. The molecular weight excluding hydrogens is 261 g/mol. The van der Waals surface area contributed by atoms with E-state index in [0.717, 1.165) is 17.7 Å². The van der Waals surface area contributed by atoms with Crippen molar-refractivity contribution in [2.75, 3.05) is 19.8 Å². The fourth-order valence-electron chi connectivity index (χ4n) is 2.49. The molecule has 110 valence electrons. The Morgan fingerprint density at radius 3 is 2.47 bits per heavy atom. The zero-order chi connectivity index (χ0) is 14.2. The van der Waals surface area contributed by atoms with Crippen molar-refractivity contribution < 1.29 is 22.7 Å². The number of alkyl halides is 3. The van der Waals surface area contributed by atoms with Gasteiger partial charge in [0.2, 0.25) is 5.91 Å². The minimum Gasteiger partial charge on any atom is -0.379 e. The standard InChI is InChI=1S/C12H19F3N2O2/c1-7(8-2-3-8)17(6-12(13,14)15)11(18)9-4-19-5-10(9)16/h7-10H,2-6,16H2,1H3. The monoisotopic (exact) mass is 280 g/mol. The summed E-state index contributed by atoms with van der Waals surface area (Å²) in [6.45, 7) is 0.829. The van der Waals surface area contributed by atoms with Crippen molar-refractivity contribution in [2.24, 2.45) is 17.6 Å². The van der Waals surface area contributed by atoms with Crippen LogP contribution in [0, 0.1) is 11.8 Å². The molecule has 3 atom stereocenters. The topological polar surface area (TPSA) is 55.6 Å². The van der Waals surface area contributed by atoms with Gasteiger partial charge in [0.15, 0.2) is 0 Å². The molecule has 1 amide bonds. The molecule has 0 aromatic rings. The average molecular weight is 280 g/mol. The Labute approximate surface area is 110 Å². The van der Waals surface area contributed by atoms with Crippen LogP contribution in [0.15, 0.2) is 0 Å². The predicted molar refractivity (Wildman–Crippen MR) is 62.2 cm³/mol. The molecule has 0 radical (unpaired) electrons. The molecule has 1 aliphatic carbocycles. The molecule has 7 heteroatoms. The molecule has 2 aliphatic rings. The molecule has 0 spiro atoms. The second kappa shape index (κ2) is 5.28. The molecular formula is C12H19F3N2O2. The van der Waals surface area contributed by atoms with E-state index in [1.165, 1.54) is 0 Å². The normalized spacial score (nSPS) is 29.3. The van der Waals surface area contributed by atoms with Gasteiger partial charge in [-0.1, -0.05) is 0 Å². The molecule has 1 aliphatic heterocycles. The molecule has 19 heavy (non-hydrogen) atoms. The van der Waals surface area contributed by atoms with Gasteiger partial charge in [0.05, 0.1) is 19.1 Å². The summed E-state index contributed by atoms with van der Waals surface area (Å²) in [5.41, 5.74) is 5.72. The minimum atomic E-state index is -4.39. The summed E-state index contributed by atoms with van der Waals surface area (Å²) in [7, 11) is 0. The third-order valence-electron chi connectivity index (χ3n) is 3.87. The summed E-state index contributed by atoms with van der Waals surface area (Å²) in [6.07, 6.45) is -2.62. The van der Waals surface area contributed by atoms with Gasteiger partial charge in [0.25, 0.3) is 0 Å². The Morgan fingerprint density at radius 1 is 1.42 bits per heavy atom. The van der Waals surface area contributed by atoms with E-state index >= 15 is 0 Å². The average Bonchev–Trinajstić information content (AvgIpc) is 3.06. The molecule has 2 rings (SSSR count). The van der Waals surface area contributed by atoms with Gasteiger partial charge in [0, 0.05) is 12.1 Å². The maximum Gasteiger partial charge on any atom is 0.406 e. The fourth-order valence-corrected chi connectivity index (χ4v) is 2.49. The first-order chi connectivity index (χ1) is 8.79. The highest BCUT2D eigenvalue weighted by Gasteiger charge is 2.44. The highest BCUT2D eigenvalue weighted by Crippen LogP contribution is 2.37. The van der Waals surface area contributed by atoms with Gasteiger partial charge in [-0.25, -0.2) is 0 Å². The van der Waals surface area contributed by atoms with Crippen molar-refractivity contribution in [3.63, 3.8) is 0 Å². The number of carbonyl (C=O) groups is 1. The molecule has 3 unspecified atom stereocenters. The Hall–Kier alpha value is -0.820. The van der Waals surface area contributed by atoms with Crippen LogP contribution in [0.5, 0.6) is 0 Å².